The standard InChI is InChI=1S/Al.Cu.Mg.Mn.Sm.5H/q;;+2;;;;;;2*-1. The van der Waals surface area contributed by atoms with E-state index in [0.29, 0.717) is 0 Å². The van der Waals surface area contributed by atoms with Crippen LogP contribution in [0.4, 0.5) is 0 Å². The maximum Gasteiger partial charge on any atom is 2.00 e. The third kappa shape index (κ3) is 18.3. The fourth-order valence-electron chi connectivity index (χ4n) is 0. The van der Waals surface area contributed by atoms with Crippen molar-refractivity contribution >= 4 is 40.4 Å². The Kier molecular flexibility index (Phi) is 192. The van der Waals surface area contributed by atoms with Crippen LogP contribution in [0.5, 0.6) is 0 Å². The Labute approximate surface area is 115 Å². The van der Waals surface area contributed by atoms with Gasteiger partial charge in [0.1, 0.15) is 0 Å². The molecule has 0 aliphatic rings. The summed E-state index contributed by atoms with van der Waals surface area (Å²) in [4.78, 5) is 0. The summed E-state index contributed by atoms with van der Waals surface area (Å²) in [5, 5.41) is 0. The summed E-state index contributed by atoms with van der Waals surface area (Å²) in [6.45, 7) is 0. The molecule has 0 N–H and O–H groups in total. The molecule has 0 amide bonds. The first-order chi connectivity index (χ1) is 0. The van der Waals surface area contributed by atoms with Crippen molar-refractivity contribution in [3.63, 3.8) is 0 Å². The quantitative estimate of drug-likeness (QED) is 0.484. The van der Waals surface area contributed by atoms with Crippen LogP contribution in [0, 0.1) is 40.4 Å². The van der Waals surface area contributed by atoms with Crippen molar-refractivity contribution in [3.05, 3.63) is 0 Å². The van der Waals surface area contributed by atoms with Crippen molar-refractivity contribution in [2.24, 2.45) is 0 Å². The summed E-state index contributed by atoms with van der Waals surface area (Å²) >= 11 is 0. The fourth-order valence-corrected chi connectivity index (χ4v) is 0. The second-order valence-corrected chi connectivity index (χ2v) is 0. The number of hydrogen-bond donors (Lipinski definition) is 0. The second-order valence-electron chi connectivity index (χ2n) is 0. The summed E-state index contributed by atoms with van der Waals surface area (Å²) in [6.07, 6.45) is 0. The van der Waals surface area contributed by atoms with Gasteiger partial charge in [-0.15, -0.1) is 0 Å². The largest absolute Gasteiger partial charge is 2.00 e. The zero-order valence-corrected chi connectivity index (χ0v) is 7.95. The van der Waals surface area contributed by atoms with Gasteiger partial charge < -0.3 is 2.85 Å². The molecular formula is H5AlCuMgMnSm. The van der Waals surface area contributed by atoms with Gasteiger partial charge in [-0.3, -0.25) is 0 Å². The molecule has 0 aromatic heterocycles. The molecule has 0 nitrogen and oxygen atoms in total. The Balaban J connectivity index is 0. The Morgan fingerprint density at radius 1 is 1.20 bits per heavy atom. The molecule has 0 rings (SSSR count). The first kappa shape index (κ1) is 37.8. The Morgan fingerprint density at radius 3 is 1.20 bits per heavy atom. The maximum absolute atomic E-state index is 0. The summed E-state index contributed by atoms with van der Waals surface area (Å²) in [5.74, 6) is 0. The first-order valence-corrected chi connectivity index (χ1v) is 0. The molecule has 0 atom stereocenters. The van der Waals surface area contributed by atoms with Gasteiger partial charge >= 0.3 is 23.1 Å². The van der Waals surface area contributed by atoms with Crippen LogP contribution in [0.15, 0.2) is 0 Å². The van der Waals surface area contributed by atoms with Crippen molar-refractivity contribution in [1.82, 2.24) is 0 Å². The minimum Gasteiger partial charge on any atom is -1.00 e. The molecule has 0 saturated carbocycles. The van der Waals surface area contributed by atoms with E-state index in [4.69, 9.17) is 0 Å². The topological polar surface area (TPSA) is 0 Å². The van der Waals surface area contributed by atoms with Gasteiger partial charge in [0.2, 0.25) is 0 Å². The zero-order chi connectivity index (χ0) is 0. The van der Waals surface area contributed by atoms with E-state index in [0.717, 1.165) is 0 Å². The average molecular weight is 325 g/mol. The van der Waals surface area contributed by atoms with Crippen LogP contribution in [-0.4, -0.2) is 40.4 Å². The molecule has 0 unspecified atom stereocenters. The van der Waals surface area contributed by atoms with Crippen molar-refractivity contribution < 1.29 is 77.4 Å². The molecule has 0 fully saturated rings. The van der Waals surface area contributed by atoms with Crippen LogP contribution in [0.3, 0.4) is 0 Å². The van der Waals surface area contributed by atoms with Crippen LogP contribution >= 0.6 is 0 Å². The van der Waals surface area contributed by atoms with Crippen LogP contribution in [-0.2, 0) is 34.1 Å². The van der Waals surface area contributed by atoms with Crippen LogP contribution in [0.1, 0.15) is 2.85 Å². The van der Waals surface area contributed by atoms with Crippen LogP contribution in [0.2, 0.25) is 0 Å². The van der Waals surface area contributed by atoms with E-state index in [1.165, 1.54) is 0 Å². The molecule has 5 heteroatoms. The summed E-state index contributed by atoms with van der Waals surface area (Å²) < 4.78 is 0. The Hall–Kier alpha value is 3.68. The summed E-state index contributed by atoms with van der Waals surface area (Å²) in [6, 6.07) is 0. The number of hydrogen-bond acceptors (Lipinski definition) is 0. The molecule has 0 aliphatic heterocycles. The van der Waals surface area contributed by atoms with Gasteiger partial charge in [-0.2, -0.15) is 0 Å². The van der Waals surface area contributed by atoms with Crippen LogP contribution < -0.4 is 0 Å². The van der Waals surface area contributed by atoms with Gasteiger partial charge in [0, 0.05) is 74.5 Å². The SMILES string of the molecule is [AlH3].[Cu].[H-].[H-].[Mg+2].[Mn].[Sm]. The van der Waals surface area contributed by atoms with E-state index in [9.17, 15) is 0 Å². The van der Waals surface area contributed by atoms with Crippen LogP contribution in [0.25, 0.3) is 0 Å². The van der Waals surface area contributed by atoms with Crippen molar-refractivity contribution in [1.29, 1.82) is 0 Å². The normalized spacial score (nSPS) is 0. The monoisotopic (exact) mass is 326 g/mol. The Bertz CT molecular complexity index is 17.7. The minimum absolute atomic E-state index is 0. The van der Waals surface area contributed by atoms with E-state index in [2.05, 4.69) is 0 Å². The first-order valence-electron chi connectivity index (χ1n) is 0. The van der Waals surface area contributed by atoms with E-state index in [1.54, 1.807) is 0 Å². The van der Waals surface area contributed by atoms with Gasteiger partial charge in [0.05, 0.1) is 0 Å². The molecule has 0 heterocycles. The van der Waals surface area contributed by atoms with Crippen molar-refractivity contribution in [2.45, 2.75) is 0 Å². The summed E-state index contributed by atoms with van der Waals surface area (Å²) in [5.41, 5.74) is 0. The smallest absolute Gasteiger partial charge is 1.00 e. The molecule has 0 bridgehead atoms. The predicted molar refractivity (Wildman–Crippen MR) is 17.9 cm³/mol. The minimum atomic E-state index is 0. The third-order valence-corrected chi connectivity index (χ3v) is 0. The molecule has 0 aromatic rings. The van der Waals surface area contributed by atoms with E-state index in [1.807, 2.05) is 0 Å². The molecule has 5 heavy (non-hydrogen) atoms. The number of rotatable bonds is 0. The molecular weight excluding hydrogens is 320 g/mol. The van der Waals surface area contributed by atoms with E-state index < -0.39 is 0 Å². The van der Waals surface area contributed by atoms with Gasteiger partial charge in [0.25, 0.3) is 0 Å². The molecule has 0 saturated heterocycles. The van der Waals surface area contributed by atoms with Gasteiger partial charge in [-0.1, -0.05) is 0 Å². The van der Waals surface area contributed by atoms with Crippen molar-refractivity contribution in [3.8, 4) is 0 Å². The van der Waals surface area contributed by atoms with Gasteiger partial charge in [-0.25, -0.2) is 0 Å². The molecule has 2 radical (unpaired) electrons. The predicted octanol–water partition coefficient (Wildman–Crippen LogP) is -1.34. The van der Waals surface area contributed by atoms with E-state index in [-0.39, 0.29) is 118 Å². The van der Waals surface area contributed by atoms with Gasteiger partial charge in [-0.05, 0) is 0 Å². The molecule has 0 aromatic carbocycles. The second kappa shape index (κ2) is 25.3. The average Bonchev–Trinajstić information content (AvgIpc) is 0. The van der Waals surface area contributed by atoms with E-state index >= 15 is 0 Å². The Morgan fingerprint density at radius 2 is 1.20 bits per heavy atom. The van der Waals surface area contributed by atoms with Crippen molar-refractivity contribution in [2.75, 3.05) is 0 Å². The molecule has 0 spiro atoms. The maximum atomic E-state index is 0. The molecule has 0 aliphatic carbocycles. The third-order valence-electron chi connectivity index (χ3n) is 0. The zero-order valence-electron chi connectivity index (χ0n) is 3.79. The molecule has 34 valence electrons. The van der Waals surface area contributed by atoms with Gasteiger partial charge in [0.15, 0.2) is 17.4 Å². The summed E-state index contributed by atoms with van der Waals surface area (Å²) in [7, 11) is 0. The fraction of sp³-hybridized carbons (Fsp3) is 0.